The molecule has 1 atom stereocenters. The Kier molecular flexibility index (Phi) is 3.67. The van der Waals surface area contributed by atoms with E-state index < -0.39 is 0 Å². The maximum Gasteiger partial charge on any atom is 0.228 e. The van der Waals surface area contributed by atoms with Gasteiger partial charge in [0.05, 0.1) is 11.6 Å². The number of aryl methyl sites for hydroxylation is 1. The topological polar surface area (TPSA) is 71.0 Å². The molecule has 1 amide bonds. The van der Waals surface area contributed by atoms with E-state index in [1.54, 1.807) is 12.4 Å². The summed E-state index contributed by atoms with van der Waals surface area (Å²) in [4.78, 5) is 18.9. The van der Waals surface area contributed by atoms with E-state index in [0.717, 1.165) is 49.4 Å². The maximum absolute atomic E-state index is 12.5. The minimum Gasteiger partial charge on any atom is -0.355 e. The second-order valence-corrected chi connectivity index (χ2v) is 6.83. The molecule has 6 heteroatoms. The molecule has 0 saturated carbocycles. The fourth-order valence-corrected chi connectivity index (χ4v) is 3.79. The molecule has 24 heavy (non-hydrogen) atoms. The van der Waals surface area contributed by atoms with Gasteiger partial charge < -0.3 is 10.2 Å². The highest BCUT2D eigenvalue weighted by Gasteiger charge is 2.46. The molecule has 0 aromatic carbocycles. The Balaban J connectivity index is 1.45. The van der Waals surface area contributed by atoms with E-state index >= 15 is 0 Å². The van der Waals surface area contributed by atoms with Gasteiger partial charge in [0.25, 0.3) is 0 Å². The molecule has 2 aliphatic rings. The number of nitrogens with one attached hydrogen (secondary N) is 1. The third kappa shape index (κ3) is 2.72. The number of amides is 1. The summed E-state index contributed by atoms with van der Waals surface area (Å²) in [5, 5.41) is 11.7. The number of carbonyl (C=O) groups is 1. The molecule has 2 aromatic heterocycles. The molecule has 2 saturated heterocycles. The van der Waals surface area contributed by atoms with E-state index in [0.29, 0.717) is 0 Å². The second-order valence-electron chi connectivity index (χ2n) is 6.83. The van der Waals surface area contributed by atoms with Crippen LogP contribution in [0.3, 0.4) is 0 Å². The average molecular weight is 323 g/mol. The van der Waals surface area contributed by atoms with E-state index in [2.05, 4.69) is 25.4 Å². The van der Waals surface area contributed by atoms with Gasteiger partial charge in [0.1, 0.15) is 0 Å². The van der Waals surface area contributed by atoms with Crippen molar-refractivity contribution in [3.05, 3.63) is 47.9 Å². The monoisotopic (exact) mass is 323 g/mol. The number of anilines is 1. The summed E-state index contributed by atoms with van der Waals surface area (Å²) in [6, 6.07) is 7.90. The van der Waals surface area contributed by atoms with Gasteiger partial charge in [-0.2, -0.15) is 5.10 Å². The van der Waals surface area contributed by atoms with Gasteiger partial charge >= 0.3 is 0 Å². The fraction of sp³-hybridized carbons (Fsp3) is 0.444. The van der Waals surface area contributed by atoms with Gasteiger partial charge in [0, 0.05) is 31.0 Å². The van der Waals surface area contributed by atoms with Crippen LogP contribution in [0.2, 0.25) is 0 Å². The predicted molar refractivity (Wildman–Crippen MR) is 90.7 cm³/mol. The highest BCUT2D eigenvalue weighted by molar-refractivity contribution is 5.87. The first-order valence-corrected chi connectivity index (χ1v) is 8.42. The van der Waals surface area contributed by atoms with Crippen molar-refractivity contribution >= 4 is 11.7 Å². The molecule has 1 spiro atoms. The first kappa shape index (κ1) is 15.1. The van der Waals surface area contributed by atoms with Crippen LogP contribution in [0.15, 0.2) is 36.7 Å². The summed E-state index contributed by atoms with van der Waals surface area (Å²) >= 11 is 0. The number of carbonyl (C=O) groups excluding carboxylic acids is 1. The number of nitrogens with zero attached hydrogens (tertiary/aromatic N) is 4. The quantitative estimate of drug-likeness (QED) is 0.913. The molecule has 2 aliphatic heterocycles. The van der Waals surface area contributed by atoms with Gasteiger partial charge in [0.15, 0.2) is 5.82 Å². The molecule has 1 N–H and O–H groups in total. The third-order valence-corrected chi connectivity index (χ3v) is 5.21. The smallest absolute Gasteiger partial charge is 0.228 e. The summed E-state index contributed by atoms with van der Waals surface area (Å²) in [6.45, 7) is 3.71. The first-order valence-electron chi connectivity index (χ1n) is 8.42. The molecule has 6 nitrogen and oxygen atoms in total. The lowest BCUT2D eigenvalue weighted by Crippen LogP contribution is -2.51. The van der Waals surface area contributed by atoms with Crippen molar-refractivity contribution in [1.29, 1.82) is 0 Å². The lowest BCUT2D eigenvalue weighted by atomic mass is 9.82. The van der Waals surface area contributed by atoms with E-state index in [4.69, 9.17) is 0 Å². The minimum absolute atomic E-state index is 0.0792. The zero-order chi connectivity index (χ0) is 16.6. The molecular weight excluding hydrogens is 302 g/mol. The first-order chi connectivity index (χ1) is 11.7. The summed E-state index contributed by atoms with van der Waals surface area (Å²) in [5.74, 6) is 0.972. The van der Waals surface area contributed by atoms with Crippen molar-refractivity contribution in [2.75, 3.05) is 18.0 Å². The Labute approximate surface area is 141 Å². The van der Waals surface area contributed by atoms with E-state index in [-0.39, 0.29) is 17.4 Å². The number of rotatable bonds is 2. The van der Waals surface area contributed by atoms with Crippen LogP contribution in [0.5, 0.6) is 0 Å². The standard InChI is InChI=1S/C18H21N5O/c1-13-4-5-16(22-21-13)23-9-6-18(7-10-23)11-15(17(24)20-18)14-3-2-8-19-12-14/h2-5,8,12,15H,6-7,9-11H2,1H3,(H,20,24). The number of aromatic nitrogens is 3. The van der Waals surface area contributed by atoms with Crippen LogP contribution < -0.4 is 10.2 Å². The van der Waals surface area contributed by atoms with Crippen molar-refractivity contribution in [3.8, 4) is 0 Å². The van der Waals surface area contributed by atoms with Gasteiger partial charge in [-0.25, -0.2) is 0 Å². The second kappa shape index (κ2) is 5.85. The van der Waals surface area contributed by atoms with Crippen molar-refractivity contribution < 1.29 is 4.79 Å². The Morgan fingerprint density at radius 1 is 1.21 bits per heavy atom. The number of piperidine rings is 1. The predicted octanol–water partition coefficient (Wildman–Crippen LogP) is 1.82. The van der Waals surface area contributed by atoms with Crippen molar-refractivity contribution in [2.24, 2.45) is 0 Å². The zero-order valence-electron chi connectivity index (χ0n) is 13.8. The van der Waals surface area contributed by atoms with E-state index in [9.17, 15) is 4.79 Å². The number of hydrogen-bond donors (Lipinski definition) is 1. The fourth-order valence-electron chi connectivity index (χ4n) is 3.79. The summed E-state index contributed by atoms with van der Waals surface area (Å²) in [7, 11) is 0. The van der Waals surface area contributed by atoms with Crippen LogP contribution in [0.4, 0.5) is 5.82 Å². The van der Waals surface area contributed by atoms with Crippen molar-refractivity contribution in [1.82, 2.24) is 20.5 Å². The Hall–Kier alpha value is -2.50. The minimum atomic E-state index is -0.0911. The van der Waals surface area contributed by atoms with Crippen LogP contribution >= 0.6 is 0 Å². The normalized spacial score (nSPS) is 22.6. The van der Waals surface area contributed by atoms with Gasteiger partial charge in [-0.15, -0.1) is 5.10 Å². The molecule has 2 aromatic rings. The highest BCUT2D eigenvalue weighted by Crippen LogP contribution is 2.39. The molecular formula is C18H21N5O. The number of hydrogen-bond acceptors (Lipinski definition) is 5. The molecule has 124 valence electrons. The van der Waals surface area contributed by atoms with Gasteiger partial charge in [-0.3, -0.25) is 9.78 Å². The average Bonchev–Trinajstić information content (AvgIpc) is 2.93. The van der Waals surface area contributed by atoms with Gasteiger partial charge in [-0.1, -0.05) is 6.07 Å². The van der Waals surface area contributed by atoms with Crippen molar-refractivity contribution in [2.45, 2.75) is 37.6 Å². The molecule has 4 rings (SSSR count). The van der Waals surface area contributed by atoms with Crippen LogP contribution in [0.1, 0.15) is 36.4 Å². The maximum atomic E-state index is 12.5. The molecule has 4 heterocycles. The van der Waals surface area contributed by atoms with Gasteiger partial charge in [0.2, 0.25) is 5.91 Å². The molecule has 0 aliphatic carbocycles. The summed E-state index contributed by atoms with van der Waals surface area (Å²) in [6.07, 6.45) is 6.27. The summed E-state index contributed by atoms with van der Waals surface area (Å²) in [5.41, 5.74) is 1.85. The lowest BCUT2D eigenvalue weighted by molar-refractivity contribution is -0.121. The van der Waals surface area contributed by atoms with Gasteiger partial charge in [-0.05, 0) is 49.9 Å². The number of pyridine rings is 1. The molecule has 0 bridgehead atoms. The third-order valence-electron chi connectivity index (χ3n) is 5.21. The van der Waals surface area contributed by atoms with E-state index in [1.807, 2.05) is 31.2 Å². The van der Waals surface area contributed by atoms with Crippen LogP contribution in [0, 0.1) is 6.92 Å². The molecule has 1 unspecified atom stereocenters. The molecule has 0 radical (unpaired) electrons. The lowest BCUT2D eigenvalue weighted by Gasteiger charge is -2.39. The highest BCUT2D eigenvalue weighted by atomic mass is 16.2. The van der Waals surface area contributed by atoms with Crippen molar-refractivity contribution in [3.63, 3.8) is 0 Å². The summed E-state index contributed by atoms with van der Waals surface area (Å²) < 4.78 is 0. The molecule has 2 fully saturated rings. The Morgan fingerprint density at radius 2 is 2.04 bits per heavy atom. The Bertz CT molecular complexity index is 723. The Morgan fingerprint density at radius 3 is 2.71 bits per heavy atom. The van der Waals surface area contributed by atoms with Crippen LogP contribution in [-0.2, 0) is 4.79 Å². The SMILES string of the molecule is Cc1ccc(N2CCC3(CC2)CC(c2cccnc2)C(=O)N3)nn1. The van der Waals surface area contributed by atoms with E-state index in [1.165, 1.54) is 0 Å². The van der Waals surface area contributed by atoms with Crippen LogP contribution in [0.25, 0.3) is 0 Å². The largest absolute Gasteiger partial charge is 0.355 e. The zero-order valence-corrected chi connectivity index (χ0v) is 13.8. The van der Waals surface area contributed by atoms with Crippen LogP contribution in [-0.4, -0.2) is 39.7 Å².